The molecule has 0 amide bonds. The van der Waals surface area contributed by atoms with E-state index < -0.39 is 9.85 Å². The van der Waals surface area contributed by atoms with Crippen LogP contribution in [0.25, 0.3) is 0 Å². The fraction of sp³-hybridized carbons (Fsp3) is 0.455. The number of unbranched alkanes of at least 4 members (excludes halogenated alkanes) is 1. The maximum absolute atomic E-state index is 10.9. The number of rotatable bonds is 8. The van der Waals surface area contributed by atoms with Crippen molar-refractivity contribution in [2.24, 2.45) is 0 Å². The van der Waals surface area contributed by atoms with Gasteiger partial charge in [-0.15, -0.1) is 0 Å². The van der Waals surface area contributed by atoms with E-state index in [1.807, 2.05) is 0 Å². The topological polar surface area (TPSA) is 119 Å². The molecule has 0 bridgehead atoms. The number of nitrogens with one attached hydrogen (secondary N) is 1. The molecule has 0 atom stereocenters. The highest BCUT2D eigenvalue weighted by molar-refractivity contribution is 5.49. The molecule has 8 heteroatoms. The van der Waals surface area contributed by atoms with E-state index in [2.05, 4.69) is 5.32 Å². The Labute approximate surface area is 109 Å². The highest BCUT2D eigenvalue weighted by Crippen LogP contribution is 2.24. The van der Waals surface area contributed by atoms with Crippen LogP contribution in [-0.4, -0.2) is 28.1 Å². The molecule has 0 aliphatic carbocycles. The van der Waals surface area contributed by atoms with E-state index in [0.717, 1.165) is 12.5 Å². The van der Waals surface area contributed by atoms with Gasteiger partial charge in [-0.2, -0.15) is 0 Å². The average molecular weight is 269 g/mol. The third kappa shape index (κ3) is 4.60. The van der Waals surface area contributed by atoms with Crippen LogP contribution in [0.3, 0.4) is 0 Å². The Morgan fingerprint density at radius 2 is 1.89 bits per heavy atom. The number of aliphatic hydroxyl groups is 1. The van der Waals surface area contributed by atoms with Crippen LogP contribution in [0.4, 0.5) is 11.4 Å². The average Bonchev–Trinajstić information content (AvgIpc) is 2.38. The number of nitrogens with zero attached hydrogens (tertiary/aromatic N) is 2. The van der Waals surface area contributed by atoms with Gasteiger partial charge in [0.05, 0.1) is 15.9 Å². The Hall–Kier alpha value is -2.06. The third-order valence-electron chi connectivity index (χ3n) is 2.55. The standard InChI is InChI=1S/C11H15N3O5/c15-6-2-1-5-12-8-9-3-4-10(13(16)17)7-11(9)14(18)19/h3-4,7,12,15H,1-2,5-6,8H2. The predicted octanol–water partition coefficient (Wildman–Crippen LogP) is 1.37. The maximum atomic E-state index is 10.9. The van der Waals surface area contributed by atoms with Gasteiger partial charge in [-0.25, -0.2) is 0 Å². The van der Waals surface area contributed by atoms with Crippen LogP contribution >= 0.6 is 0 Å². The second kappa shape index (κ2) is 7.39. The summed E-state index contributed by atoms with van der Waals surface area (Å²) in [6, 6.07) is 3.60. The number of aliphatic hydroxyl groups excluding tert-OH is 1. The Bertz CT molecular complexity index is 464. The van der Waals surface area contributed by atoms with Crippen molar-refractivity contribution in [1.29, 1.82) is 0 Å². The lowest BCUT2D eigenvalue weighted by atomic mass is 10.1. The molecule has 104 valence electrons. The molecule has 0 aromatic heterocycles. The molecule has 1 aromatic carbocycles. The first-order valence-corrected chi connectivity index (χ1v) is 5.79. The molecule has 2 N–H and O–H groups in total. The van der Waals surface area contributed by atoms with E-state index >= 15 is 0 Å². The molecule has 0 aliphatic heterocycles. The summed E-state index contributed by atoms with van der Waals surface area (Å²) in [6.07, 6.45) is 1.42. The lowest BCUT2D eigenvalue weighted by Gasteiger charge is -2.05. The first-order chi connectivity index (χ1) is 9.06. The highest BCUT2D eigenvalue weighted by Gasteiger charge is 2.18. The van der Waals surface area contributed by atoms with Crippen molar-refractivity contribution < 1.29 is 15.0 Å². The molecule has 0 spiro atoms. The Morgan fingerprint density at radius 1 is 1.16 bits per heavy atom. The molecule has 1 aromatic rings. The van der Waals surface area contributed by atoms with Gasteiger partial charge in [0.15, 0.2) is 0 Å². The second-order valence-corrected chi connectivity index (χ2v) is 3.93. The van der Waals surface area contributed by atoms with Gasteiger partial charge in [-0.05, 0) is 25.5 Å². The van der Waals surface area contributed by atoms with Crippen molar-refractivity contribution in [2.75, 3.05) is 13.2 Å². The van der Waals surface area contributed by atoms with E-state index in [0.29, 0.717) is 18.5 Å². The minimum absolute atomic E-state index is 0.110. The van der Waals surface area contributed by atoms with Gasteiger partial charge in [0, 0.05) is 24.8 Å². The molecular weight excluding hydrogens is 254 g/mol. The Morgan fingerprint density at radius 3 is 2.47 bits per heavy atom. The quantitative estimate of drug-likeness (QED) is 0.418. The van der Waals surface area contributed by atoms with Gasteiger partial charge >= 0.3 is 0 Å². The van der Waals surface area contributed by atoms with Crippen LogP contribution in [0.1, 0.15) is 18.4 Å². The van der Waals surface area contributed by atoms with Crippen molar-refractivity contribution in [3.8, 4) is 0 Å². The lowest BCUT2D eigenvalue weighted by molar-refractivity contribution is -0.394. The van der Waals surface area contributed by atoms with Crippen LogP contribution in [0.2, 0.25) is 0 Å². The normalized spacial score (nSPS) is 10.4. The summed E-state index contributed by atoms with van der Waals surface area (Å²) < 4.78 is 0. The van der Waals surface area contributed by atoms with E-state index in [-0.39, 0.29) is 24.5 Å². The SMILES string of the molecule is O=[N+]([O-])c1ccc(CNCCCCO)c([N+](=O)[O-])c1. The van der Waals surface area contributed by atoms with E-state index in [1.165, 1.54) is 12.1 Å². The molecule has 1 rings (SSSR count). The summed E-state index contributed by atoms with van der Waals surface area (Å²) in [4.78, 5) is 20.1. The first-order valence-electron chi connectivity index (χ1n) is 5.79. The zero-order valence-corrected chi connectivity index (χ0v) is 10.2. The van der Waals surface area contributed by atoms with Crippen LogP contribution in [-0.2, 0) is 6.54 Å². The summed E-state index contributed by atoms with van der Waals surface area (Å²) in [6.45, 7) is 0.994. The predicted molar refractivity (Wildman–Crippen MR) is 67.8 cm³/mol. The van der Waals surface area contributed by atoms with Crippen LogP contribution in [0.15, 0.2) is 18.2 Å². The minimum atomic E-state index is -0.661. The molecule has 0 saturated heterocycles. The summed E-state index contributed by atoms with van der Waals surface area (Å²) in [7, 11) is 0. The number of nitro groups is 2. The van der Waals surface area contributed by atoms with Gasteiger partial charge in [0.25, 0.3) is 11.4 Å². The monoisotopic (exact) mass is 269 g/mol. The number of hydrogen-bond acceptors (Lipinski definition) is 6. The highest BCUT2D eigenvalue weighted by atomic mass is 16.6. The lowest BCUT2D eigenvalue weighted by Crippen LogP contribution is -2.16. The number of hydrogen-bond donors (Lipinski definition) is 2. The van der Waals surface area contributed by atoms with E-state index in [1.54, 1.807) is 0 Å². The van der Waals surface area contributed by atoms with Crippen molar-refractivity contribution in [2.45, 2.75) is 19.4 Å². The van der Waals surface area contributed by atoms with Crippen LogP contribution < -0.4 is 5.32 Å². The fourth-order valence-corrected chi connectivity index (χ4v) is 1.57. The fourth-order valence-electron chi connectivity index (χ4n) is 1.57. The van der Waals surface area contributed by atoms with Crippen molar-refractivity contribution in [3.63, 3.8) is 0 Å². The molecule has 0 unspecified atom stereocenters. The second-order valence-electron chi connectivity index (χ2n) is 3.93. The molecule has 19 heavy (non-hydrogen) atoms. The van der Waals surface area contributed by atoms with Gasteiger partial charge in [-0.3, -0.25) is 20.2 Å². The molecule has 8 nitrogen and oxygen atoms in total. The Kier molecular flexibility index (Phi) is 5.83. The molecule has 0 aliphatic rings. The van der Waals surface area contributed by atoms with Crippen LogP contribution in [0.5, 0.6) is 0 Å². The summed E-state index contributed by atoms with van der Waals surface area (Å²) in [5, 5.41) is 33.0. The first kappa shape index (κ1) is 15.0. The van der Waals surface area contributed by atoms with Gasteiger partial charge in [0.1, 0.15) is 0 Å². The molecular formula is C11H15N3O5. The molecule has 0 radical (unpaired) electrons. The van der Waals surface area contributed by atoms with E-state index in [9.17, 15) is 20.2 Å². The molecule has 0 fully saturated rings. The number of non-ortho nitro benzene ring substituents is 1. The number of nitro benzene ring substituents is 2. The van der Waals surface area contributed by atoms with Gasteiger partial charge in [-0.1, -0.05) is 0 Å². The zero-order chi connectivity index (χ0) is 14.3. The van der Waals surface area contributed by atoms with Crippen LogP contribution in [0, 0.1) is 20.2 Å². The molecule has 0 saturated carbocycles. The van der Waals surface area contributed by atoms with Crippen molar-refractivity contribution in [1.82, 2.24) is 5.32 Å². The smallest absolute Gasteiger partial charge is 0.280 e. The van der Waals surface area contributed by atoms with Crippen molar-refractivity contribution >= 4 is 11.4 Å². The molecule has 0 heterocycles. The summed E-state index contributed by atoms with van der Waals surface area (Å²) in [5.41, 5.74) is -0.154. The Balaban J connectivity index is 2.71. The van der Waals surface area contributed by atoms with Gasteiger partial charge in [0.2, 0.25) is 0 Å². The largest absolute Gasteiger partial charge is 0.396 e. The minimum Gasteiger partial charge on any atom is -0.396 e. The van der Waals surface area contributed by atoms with Gasteiger partial charge < -0.3 is 10.4 Å². The van der Waals surface area contributed by atoms with Crippen molar-refractivity contribution in [3.05, 3.63) is 44.0 Å². The maximum Gasteiger partial charge on any atom is 0.280 e. The summed E-state index contributed by atoms with van der Waals surface area (Å²) in [5.74, 6) is 0. The summed E-state index contributed by atoms with van der Waals surface area (Å²) >= 11 is 0. The zero-order valence-electron chi connectivity index (χ0n) is 10.2. The number of benzene rings is 1. The van der Waals surface area contributed by atoms with E-state index in [4.69, 9.17) is 5.11 Å². The third-order valence-corrected chi connectivity index (χ3v) is 2.55.